The fraction of sp³-hybridized carbons (Fsp3) is 0.588. The maximum atomic E-state index is 11.6. The van der Waals surface area contributed by atoms with Gasteiger partial charge in [0.1, 0.15) is 17.0 Å². The zero-order valence-electron chi connectivity index (χ0n) is 13.4. The van der Waals surface area contributed by atoms with Gasteiger partial charge >= 0.3 is 0 Å². The first-order chi connectivity index (χ1) is 11.1. The fourth-order valence-electron chi connectivity index (χ4n) is 3.90. The van der Waals surface area contributed by atoms with Crippen LogP contribution in [0.3, 0.4) is 0 Å². The number of carbonyl (C=O) groups is 1. The molecular formula is C17H22N4OS. The van der Waals surface area contributed by atoms with Crippen LogP contribution in [0.25, 0.3) is 10.2 Å². The quantitative estimate of drug-likeness (QED) is 0.918. The highest BCUT2D eigenvalue weighted by atomic mass is 32.1. The number of aromatic nitrogens is 2. The maximum absolute atomic E-state index is 11.6. The molecule has 5 nitrogen and oxygen atoms in total. The van der Waals surface area contributed by atoms with E-state index in [-0.39, 0.29) is 11.8 Å². The lowest BCUT2D eigenvalue weighted by atomic mass is 9.89. The van der Waals surface area contributed by atoms with Crippen molar-refractivity contribution in [2.75, 3.05) is 18.0 Å². The number of piperidine rings is 1. The van der Waals surface area contributed by atoms with Crippen LogP contribution in [-0.2, 0) is 17.6 Å². The minimum atomic E-state index is -0.193. The smallest absolute Gasteiger partial charge is 0.222 e. The Morgan fingerprint density at radius 2 is 2.26 bits per heavy atom. The van der Waals surface area contributed by atoms with Gasteiger partial charge in [0, 0.05) is 18.0 Å². The Labute approximate surface area is 139 Å². The van der Waals surface area contributed by atoms with Crippen molar-refractivity contribution in [3.63, 3.8) is 0 Å². The number of primary amides is 1. The van der Waals surface area contributed by atoms with E-state index < -0.39 is 0 Å². The second-order valence-electron chi connectivity index (χ2n) is 6.92. The van der Waals surface area contributed by atoms with Gasteiger partial charge in [-0.2, -0.15) is 0 Å². The summed E-state index contributed by atoms with van der Waals surface area (Å²) in [5.41, 5.74) is 6.97. The second kappa shape index (κ2) is 5.74. The van der Waals surface area contributed by atoms with Crippen LogP contribution in [0.15, 0.2) is 6.33 Å². The van der Waals surface area contributed by atoms with Gasteiger partial charge < -0.3 is 10.6 Å². The van der Waals surface area contributed by atoms with E-state index in [1.165, 1.54) is 22.2 Å². The van der Waals surface area contributed by atoms with Crippen molar-refractivity contribution in [1.29, 1.82) is 0 Å². The number of carbonyl (C=O) groups excluding carboxylic acids is 1. The van der Waals surface area contributed by atoms with Crippen LogP contribution in [0.4, 0.5) is 5.82 Å². The minimum absolute atomic E-state index is 0.0664. The summed E-state index contributed by atoms with van der Waals surface area (Å²) in [5, 5.41) is 1.23. The molecule has 6 heteroatoms. The molecule has 0 saturated carbocycles. The van der Waals surface area contributed by atoms with Gasteiger partial charge in [-0.25, -0.2) is 9.97 Å². The van der Waals surface area contributed by atoms with Gasteiger partial charge in [-0.1, -0.05) is 6.92 Å². The summed E-state index contributed by atoms with van der Waals surface area (Å²) in [7, 11) is 0. The Kier molecular flexibility index (Phi) is 3.71. The Morgan fingerprint density at radius 3 is 3.09 bits per heavy atom. The molecule has 2 aromatic heterocycles. The van der Waals surface area contributed by atoms with Crippen molar-refractivity contribution in [3.05, 3.63) is 16.8 Å². The van der Waals surface area contributed by atoms with E-state index in [4.69, 9.17) is 5.73 Å². The monoisotopic (exact) mass is 330 g/mol. The van der Waals surface area contributed by atoms with Crippen molar-refractivity contribution >= 4 is 33.3 Å². The molecule has 0 unspecified atom stereocenters. The van der Waals surface area contributed by atoms with E-state index in [0.29, 0.717) is 6.54 Å². The van der Waals surface area contributed by atoms with Crippen LogP contribution < -0.4 is 10.6 Å². The molecule has 0 aromatic carbocycles. The topological polar surface area (TPSA) is 72.1 Å². The number of nitrogens with two attached hydrogens (primary N) is 1. The lowest BCUT2D eigenvalue weighted by Gasteiger charge is -2.32. The highest BCUT2D eigenvalue weighted by molar-refractivity contribution is 7.19. The highest BCUT2D eigenvalue weighted by Crippen LogP contribution is 2.41. The zero-order chi connectivity index (χ0) is 16.0. The van der Waals surface area contributed by atoms with Crippen molar-refractivity contribution in [1.82, 2.24) is 9.97 Å². The molecule has 3 heterocycles. The van der Waals surface area contributed by atoms with Crippen molar-refractivity contribution in [3.8, 4) is 0 Å². The largest absolute Gasteiger partial charge is 0.369 e. The normalized spacial score (nSPS) is 24.7. The third kappa shape index (κ3) is 2.59. The Hall–Kier alpha value is -1.69. The van der Waals surface area contributed by atoms with Gasteiger partial charge in [-0.15, -0.1) is 11.3 Å². The number of anilines is 1. The molecule has 23 heavy (non-hydrogen) atoms. The molecule has 2 aliphatic rings. The molecule has 1 saturated heterocycles. The maximum Gasteiger partial charge on any atom is 0.222 e. The summed E-state index contributed by atoms with van der Waals surface area (Å²) in [4.78, 5) is 25.5. The SMILES string of the molecule is C[C@H]1CCc2c(sc3ncnc(N4CCC[C@H](C(N)=O)C4)c23)C1. The number of hydrogen-bond donors (Lipinski definition) is 1. The number of rotatable bonds is 2. The summed E-state index contributed by atoms with van der Waals surface area (Å²) in [6.45, 7) is 3.95. The first-order valence-electron chi connectivity index (χ1n) is 8.43. The van der Waals surface area contributed by atoms with Crippen LogP contribution >= 0.6 is 11.3 Å². The molecule has 1 fully saturated rings. The number of nitrogens with zero attached hydrogens (tertiary/aromatic N) is 3. The molecular weight excluding hydrogens is 308 g/mol. The molecule has 0 radical (unpaired) electrons. The van der Waals surface area contributed by atoms with Crippen LogP contribution in [-0.4, -0.2) is 29.0 Å². The number of aryl methyl sites for hydroxylation is 1. The van der Waals surface area contributed by atoms with E-state index in [1.807, 2.05) is 11.3 Å². The molecule has 1 aliphatic carbocycles. The molecule has 1 amide bonds. The molecule has 2 N–H and O–H groups in total. The fourth-order valence-corrected chi connectivity index (χ4v) is 5.24. The summed E-state index contributed by atoms with van der Waals surface area (Å²) in [6.07, 6.45) is 7.04. The summed E-state index contributed by atoms with van der Waals surface area (Å²) in [6, 6.07) is 0. The van der Waals surface area contributed by atoms with Gasteiger partial charge in [-0.3, -0.25) is 4.79 Å². The van der Waals surface area contributed by atoms with E-state index in [0.717, 1.165) is 48.8 Å². The van der Waals surface area contributed by atoms with Gasteiger partial charge in [0.05, 0.1) is 11.3 Å². The van der Waals surface area contributed by atoms with Gasteiger partial charge in [0.25, 0.3) is 0 Å². The zero-order valence-corrected chi connectivity index (χ0v) is 14.2. The number of fused-ring (bicyclic) bond motifs is 3. The van der Waals surface area contributed by atoms with Crippen LogP contribution in [0.2, 0.25) is 0 Å². The first kappa shape index (κ1) is 14.9. The number of amides is 1. The van der Waals surface area contributed by atoms with E-state index in [2.05, 4.69) is 21.8 Å². The van der Waals surface area contributed by atoms with E-state index >= 15 is 0 Å². The van der Waals surface area contributed by atoms with Crippen LogP contribution in [0.1, 0.15) is 36.6 Å². The van der Waals surface area contributed by atoms with E-state index in [1.54, 1.807) is 6.33 Å². The number of hydrogen-bond acceptors (Lipinski definition) is 5. The summed E-state index contributed by atoms with van der Waals surface area (Å²) >= 11 is 1.82. The van der Waals surface area contributed by atoms with Gasteiger partial charge in [-0.05, 0) is 43.6 Å². The van der Waals surface area contributed by atoms with Crippen molar-refractivity contribution in [2.45, 2.75) is 39.0 Å². The Morgan fingerprint density at radius 1 is 1.39 bits per heavy atom. The Balaban J connectivity index is 1.77. The molecule has 2 aromatic rings. The molecule has 2 atom stereocenters. The number of thiophene rings is 1. The predicted octanol–water partition coefficient (Wildman–Crippen LogP) is 2.52. The second-order valence-corrected chi connectivity index (χ2v) is 8.00. The highest BCUT2D eigenvalue weighted by Gasteiger charge is 2.29. The van der Waals surface area contributed by atoms with Crippen molar-refractivity contribution < 1.29 is 4.79 Å². The third-order valence-corrected chi connectivity index (χ3v) is 6.36. The van der Waals surface area contributed by atoms with Gasteiger partial charge in [0.2, 0.25) is 5.91 Å². The molecule has 0 spiro atoms. The minimum Gasteiger partial charge on any atom is -0.369 e. The summed E-state index contributed by atoms with van der Waals surface area (Å²) in [5.74, 6) is 1.50. The molecule has 0 bridgehead atoms. The standard InChI is InChI=1S/C17H22N4OS/c1-10-4-5-12-13(7-10)23-17-14(12)16(19-9-20-17)21-6-2-3-11(8-21)15(18)22/h9-11H,2-8H2,1H3,(H2,18,22)/t10-,11-/m0/s1. The van der Waals surface area contributed by atoms with Crippen molar-refractivity contribution in [2.24, 2.45) is 17.6 Å². The van der Waals surface area contributed by atoms with E-state index in [9.17, 15) is 4.79 Å². The first-order valence-corrected chi connectivity index (χ1v) is 9.24. The van der Waals surface area contributed by atoms with Gasteiger partial charge in [0.15, 0.2) is 0 Å². The van der Waals surface area contributed by atoms with Crippen LogP contribution in [0, 0.1) is 11.8 Å². The third-order valence-electron chi connectivity index (χ3n) is 5.20. The lowest BCUT2D eigenvalue weighted by molar-refractivity contribution is -0.122. The molecule has 122 valence electrons. The Bertz CT molecular complexity index is 756. The molecule has 4 rings (SSSR count). The lowest BCUT2D eigenvalue weighted by Crippen LogP contribution is -2.41. The predicted molar refractivity (Wildman–Crippen MR) is 92.7 cm³/mol. The molecule has 1 aliphatic heterocycles. The van der Waals surface area contributed by atoms with Crippen LogP contribution in [0.5, 0.6) is 0 Å². The summed E-state index contributed by atoms with van der Waals surface area (Å²) < 4.78 is 0. The average molecular weight is 330 g/mol. The average Bonchev–Trinajstić information content (AvgIpc) is 2.92.